The third-order valence-corrected chi connectivity index (χ3v) is 6.16. The zero-order valence-electron chi connectivity index (χ0n) is 14.0. The summed E-state index contributed by atoms with van der Waals surface area (Å²) in [5.41, 5.74) is 3.75. The number of alkyl halides is 1. The Morgan fingerprint density at radius 2 is 1.81 bits per heavy atom. The first kappa shape index (κ1) is 14.9. The van der Waals surface area contributed by atoms with Crippen molar-refractivity contribution in [1.82, 2.24) is 19.3 Å². The maximum atomic E-state index is 6.37. The van der Waals surface area contributed by atoms with Gasteiger partial charge < -0.3 is 4.57 Å². The van der Waals surface area contributed by atoms with Gasteiger partial charge in [-0.1, -0.05) is 27.7 Å². The molecule has 0 aromatic carbocycles. The Morgan fingerprint density at radius 3 is 2.29 bits per heavy atom. The van der Waals surface area contributed by atoms with Crippen molar-refractivity contribution in [3.05, 3.63) is 11.5 Å². The number of fused-ring (bicyclic) bond motifs is 1. The molecule has 4 nitrogen and oxygen atoms in total. The number of imidazole rings is 1. The minimum atomic E-state index is -0.0956. The maximum Gasteiger partial charge on any atom is 0.158 e. The molecule has 1 unspecified atom stereocenters. The lowest BCUT2D eigenvalue weighted by atomic mass is 10.0. The zero-order chi connectivity index (χ0) is 15.7. The topological polar surface area (TPSA) is 35.6 Å². The van der Waals surface area contributed by atoms with E-state index < -0.39 is 0 Å². The highest BCUT2D eigenvalue weighted by Crippen LogP contribution is 2.69. The molecule has 2 aromatic rings. The Balaban J connectivity index is 2.11. The fourth-order valence-corrected chi connectivity index (χ4v) is 3.97. The van der Waals surface area contributed by atoms with Crippen molar-refractivity contribution in [2.24, 2.45) is 23.8 Å². The smallest absolute Gasteiger partial charge is 0.158 e. The molecule has 116 valence electrons. The molecule has 3 rings (SSSR count). The van der Waals surface area contributed by atoms with Crippen LogP contribution in [-0.4, -0.2) is 19.3 Å². The molecule has 0 amide bonds. The number of hydrogen-bond acceptors (Lipinski definition) is 2. The number of aryl methyl sites for hydroxylation is 2. The van der Waals surface area contributed by atoms with E-state index in [1.807, 2.05) is 25.6 Å². The van der Waals surface area contributed by atoms with E-state index in [1.165, 1.54) is 0 Å². The SMILES string of the molecule is Cc1nn(C)c2c1nc(C(C)Cl)n2CC1C(C)(C)C1(C)C. The summed E-state index contributed by atoms with van der Waals surface area (Å²) in [7, 11) is 1.99. The second-order valence-electron chi connectivity index (χ2n) is 7.57. The van der Waals surface area contributed by atoms with Crippen molar-refractivity contribution in [2.45, 2.75) is 53.5 Å². The van der Waals surface area contributed by atoms with Crippen LogP contribution in [-0.2, 0) is 13.6 Å². The van der Waals surface area contributed by atoms with Crippen LogP contribution in [0.5, 0.6) is 0 Å². The third-order valence-electron chi connectivity index (χ3n) is 5.96. The number of nitrogens with zero attached hydrogens (tertiary/aromatic N) is 4. The summed E-state index contributed by atoms with van der Waals surface area (Å²) >= 11 is 6.37. The highest BCUT2D eigenvalue weighted by molar-refractivity contribution is 6.20. The molecule has 21 heavy (non-hydrogen) atoms. The molecule has 0 aliphatic heterocycles. The van der Waals surface area contributed by atoms with E-state index in [2.05, 4.69) is 37.4 Å². The minimum absolute atomic E-state index is 0.0956. The average Bonchev–Trinajstić information content (AvgIpc) is 2.73. The van der Waals surface area contributed by atoms with Gasteiger partial charge in [-0.15, -0.1) is 11.6 Å². The largest absolute Gasteiger partial charge is 0.311 e. The van der Waals surface area contributed by atoms with Gasteiger partial charge in [-0.3, -0.25) is 4.68 Å². The molecule has 0 radical (unpaired) electrons. The van der Waals surface area contributed by atoms with Crippen molar-refractivity contribution in [1.29, 1.82) is 0 Å². The average molecular weight is 309 g/mol. The fraction of sp³-hybridized carbons (Fsp3) is 0.750. The van der Waals surface area contributed by atoms with Gasteiger partial charge in [0.15, 0.2) is 5.65 Å². The van der Waals surface area contributed by atoms with E-state index >= 15 is 0 Å². The summed E-state index contributed by atoms with van der Waals surface area (Å²) in [5.74, 6) is 1.59. The molecule has 1 atom stereocenters. The van der Waals surface area contributed by atoms with Gasteiger partial charge >= 0.3 is 0 Å². The van der Waals surface area contributed by atoms with Crippen LogP contribution in [0.1, 0.15) is 51.5 Å². The van der Waals surface area contributed by atoms with Crippen molar-refractivity contribution in [3.8, 4) is 0 Å². The van der Waals surface area contributed by atoms with Gasteiger partial charge in [0.2, 0.25) is 0 Å². The first-order chi connectivity index (χ1) is 9.59. The van der Waals surface area contributed by atoms with Gasteiger partial charge in [0, 0.05) is 13.6 Å². The molecule has 1 fully saturated rings. The molecule has 1 aliphatic rings. The molecule has 1 saturated carbocycles. The number of aromatic nitrogens is 4. The normalized spacial score (nSPS) is 21.9. The standard InChI is InChI=1S/C16H25ClN4/c1-9(17)13-18-12-10(2)19-20(7)14(12)21(13)8-11-15(3,4)16(11,5)6/h9,11H,8H2,1-7H3. The molecule has 0 N–H and O–H groups in total. The molecular weight excluding hydrogens is 284 g/mol. The lowest BCUT2D eigenvalue weighted by Gasteiger charge is -2.12. The Morgan fingerprint density at radius 1 is 1.24 bits per heavy atom. The predicted octanol–water partition coefficient (Wildman–Crippen LogP) is 4.06. The van der Waals surface area contributed by atoms with E-state index in [1.54, 1.807) is 0 Å². The van der Waals surface area contributed by atoms with Crippen LogP contribution in [0.15, 0.2) is 0 Å². The van der Waals surface area contributed by atoms with E-state index in [-0.39, 0.29) is 5.38 Å². The van der Waals surface area contributed by atoms with Crippen molar-refractivity contribution in [2.75, 3.05) is 0 Å². The van der Waals surface area contributed by atoms with Gasteiger partial charge in [-0.05, 0) is 30.6 Å². The van der Waals surface area contributed by atoms with Gasteiger partial charge in [-0.2, -0.15) is 5.10 Å². The molecular formula is C16H25ClN4. The van der Waals surface area contributed by atoms with Crippen molar-refractivity contribution in [3.63, 3.8) is 0 Å². The Labute approximate surface area is 131 Å². The lowest BCUT2D eigenvalue weighted by molar-refractivity contribution is 0.457. The van der Waals surface area contributed by atoms with Crippen molar-refractivity contribution < 1.29 is 0 Å². The molecule has 0 bridgehead atoms. The van der Waals surface area contributed by atoms with Gasteiger partial charge in [0.25, 0.3) is 0 Å². The first-order valence-corrected chi connectivity index (χ1v) is 8.06. The second-order valence-corrected chi connectivity index (χ2v) is 8.23. The Kier molecular flexibility index (Phi) is 3.01. The van der Waals surface area contributed by atoms with Crippen LogP contribution in [0.25, 0.3) is 11.2 Å². The molecule has 2 heterocycles. The van der Waals surface area contributed by atoms with Gasteiger partial charge in [0.1, 0.15) is 11.3 Å². The van der Waals surface area contributed by atoms with Crippen LogP contribution in [0.3, 0.4) is 0 Å². The summed E-state index contributed by atoms with van der Waals surface area (Å²) in [6.07, 6.45) is 0. The number of halogens is 1. The summed E-state index contributed by atoms with van der Waals surface area (Å²) < 4.78 is 4.22. The molecule has 5 heteroatoms. The first-order valence-electron chi connectivity index (χ1n) is 7.62. The number of hydrogen-bond donors (Lipinski definition) is 0. The summed E-state index contributed by atoms with van der Waals surface area (Å²) in [5, 5.41) is 4.41. The predicted molar refractivity (Wildman–Crippen MR) is 86.6 cm³/mol. The molecule has 0 saturated heterocycles. The van der Waals surface area contributed by atoms with Crippen LogP contribution >= 0.6 is 11.6 Å². The minimum Gasteiger partial charge on any atom is -0.311 e. The third kappa shape index (κ3) is 1.88. The Bertz CT molecular complexity index is 691. The summed E-state index contributed by atoms with van der Waals surface area (Å²) in [6, 6.07) is 0. The lowest BCUT2D eigenvalue weighted by Crippen LogP contribution is -2.11. The second kappa shape index (κ2) is 4.25. The quantitative estimate of drug-likeness (QED) is 0.802. The zero-order valence-corrected chi connectivity index (χ0v) is 14.8. The van der Waals surface area contributed by atoms with E-state index in [9.17, 15) is 0 Å². The Hall–Kier alpha value is -1.03. The van der Waals surface area contributed by atoms with Crippen LogP contribution < -0.4 is 0 Å². The fourth-order valence-electron chi connectivity index (χ4n) is 3.81. The van der Waals surface area contributed by atoms with Gasteiger partial charge in [0.05, 0.1) is 11.1 Å². The van der Waals surface area contributed by atoms with Crippen LogP contribution in [0, 0.1) is 23.7 Å². The summed E-state index contributed by atoms with van der Waals surface area (Å²) in [4.78, 5) is 4.76. The van der Waals surface area contributed by atoms with E-state index in [0.29, 0.717) is 16.7 Å². The molecule has 0 spiro atoms. The highest BCUT2D eigenvalue weighted by atomic mass is 35.5. The summed E-state index contributed by atoms with van der Waals surface area (Å²) in [6.45, 7) is 14.4. The maximum absolute atomic E-state index is 6.37. The molecule has 2 aromatic heterocycles. The molecule has 1 aliphatic carbocycles. The van der Waals surface area contributed by atoms with Gasteiger partial charge in [-0.25, -0.2) is 4.98 Å². The van der Waals surface area contributed by atoms with Crippen molar-refractivity contribution >= 4 is 22.8 Å². The van der Waals surface area contributed by atoms with E-state index in [0.717, 1.165) is 29.2 Å². The van der Waals surface area contributed by atoms with Crippen LogP contribution in [0.4, 0.5) is 0 Å². The van der Waals surface area contributed by atoms with E-state index in [4.69, 9.17) is 16.6 Å². The number of rotatable bonds is 3. The monoisotopic (exact) mass is 308 g/mol. The van der Waals surface area contributed by atoms with Crippen LogP contribution in [0.2, 0.25) is 0 Å². The highest BCUT2D eigenvalue weighted by Gasteiger charge is 2.64.